The van der Waals surface area contributed by atoms with Crippen molar-refractivity contribution >= 4 is 23.3 Å². The number of thiophene rings is 1. The van der Waals surface area contributed by atoms with E-state index in [4.69, 9.17) is 9.47 Å². The zero-order valence-electron chi connectivity index (χ0n) is 21.0. The molecule has 4 rings (SSSR count). The summed E-state index contributed by atoms with van der Waals surface area (Å²) >= 11 is 1.68. The van der Waals surface area contributed by atoms with Gasteiger partial charge in [0.15, 0.2) is 0 Å². The van der Waals surface area contributed by atoms with E-state index in [1.165, 1.54) is 17.0 Å². The van der Waals surface area contributed by atoms with Crippen LogP contribution in [0, 0.1) is 5.82 Å². The van der Waals surface area contributed by atoms with Crippen molar-refractivity contribution < 1.29 is 23.5 Å². The molecule has 2 aliphatic rings. The molecule has 1 atom stereocenters. The highest BCUT2D eigenvalue weighted by atomic mass is 32.1. The predicted octanol–water partition coefficient (Wildman–Crippen LogP) is 3.14. The molecule has 0 spiro atoms. The Kier molecular flexibility index (Phi) is 9.17. The monoisotopic (exact) mass is 518 g/mol. The number of benzene rings is 1. The van der Waals surface area contributed by atoms with E-state index < -0.39 is 0 Å². The van der Waals surface area contributed by atoms with Crippen molar-refractivity contribution in [2.45, 2.75) is 32.4 Å². The van der Waals surface area contributed by atoms with Gasteiger partial charge in [0, 0.05) is 43.6 Å². The molecule has 1 aromatic heterocycles. The summed E-state index contributed by atoms with van der Waals surface area (Å²) in [6, 6.07) is 7.39. The molecule has 0 unspecified atom stereocenters. The number of hydrogen-bond donors (Lipinski definition) is 1. The molecule has 3 amide bonds. The van der Waals surface area contributed by atoms with Gasteiger partial charge in [-0.3, -0.25) is 9.69 Å². The van der Waals surface area contributed by atoms with Crippen molar-refractivity contribution in [3.63, 3.8) is 0 Å². The number of fused-ring (bicyclic) bond motifs is 1. The van der Waals surface area contributed by atoms with E-state index in [0.29, 0.717) is 38.6 Å². The van der Waals surface area contributed by atoms with Crippen molar-refractivity contribution in [1.29, 1.82) is 0 Å². The summed E-state index contributed by atoms with van der Waals surface area (Å²) in [5, 5.41) is 4.97. The molecule has 10 heteroatoms. The fraction of sp³-hybridized carbons (Fsp3) is 0.538. The number of carbonyl (C=O) groups is 2. The normalized spacial score (nSPS) is 18.1. The lowest BCUT2D eigenvalue weighted by atomic mass is 10.0. The molecule has 196 valence electrons. The van der Waals surface area contributed by atoms with Crippen LogP contribution in [0.15, 0.2) is 35.7 Å². The lowest BCUT2D eigenvalue weighted by Gasteiger charge is -2.37. The fourth-order valence-electron chi connectivity index (χ4n) is 4.51. The van der Waals surface area contributed by atoms with Gasteiger partial charge in [0.2, 0.25) is 5.91 Å². The number of rotatable bonds is 9. The molecule has 0 bridgehead atoms. The lowest BCUT2D eigenvalue weighted by molar-refractivity contribution is -0.135. The van der Waals surface area contributed by atoms with Crippen LogP contribution in [0.4, 0.5) is 9.18 Å². The Balaban J connectivity index is 1.45. The first-order valence-corrected chi connectivity index (χ1v) is 13.4. The molecular formula is C26H35FN4O4S. The van der Waals surface area contributed by atoms with Gasteiger partial charge in [0.05, 0.1) is 19.3 Å². The number of nitrogens with zero attached hydrogens (tertiary/aromatic N) is 3. The van der Waals surface area contributed by atoms with Gasteiger partial charge < -0.3 is 24.6 Å². The largest absolute Gasteiger partial charge is 0.491 e. The fourth-order valence-corrected chi connectivity index (χ4v) is 5.44. The van der Waals surface area contributed by atoms with Gasteiger partial charge in [-0.25, -0.2) is 9.18 Å². The van der Waals surface area contributed by atoms with Crippen LogP contribution in [0.5, 0.6) is 5.75 Å². The molecule has 1 aromatic carbocycles. The van der Waals surface area contributed by atoms with Crippen LogP contribution in [0.3, 0.4) is 0 Å². The summed E-state index contributed by atoms with van der Waals surface area (Å²) in [7, 11) is 0. The van der Waals surface area contributed by atoms with Crippen molar-refractivity contribution in [3.05, 3.63) is 52.0 Å². The SMILES string of the molecule is CC(C)NC(=O)N(CCN1CCOCC1)CC(=O)N1CCc2sccc2[C@@H]1COc1ccc(F)cc1. The van der Waals surface area contributed by atoms with Crippen molar-refractivity contribution in [1.82, 2.24) is 20.0 Å². The van der Waals surface area contributed by atoms with Gasteiger partial charge in [0.25, 0.3) is 0 Å². The Morgan fingerprint density at radius 3 is 2.67 bits per heavy atom. The molecule has 0 aliphatic carbocycles. The first-order chi connectivity index (χ1) is 17.4. The Bertz CT molecular complexity index is 1010. The van der Waals surface area contributed by atoms with E-state index in [2.05, 4.69) is 10.2 Å². The summed E-state index contributed by atoms with van der Waals surface area (Å²) < 4.78 is 24.7. The minimum absolute atomic E-state index is 0.00455. The van der Waals surface area contributed by atoms with E-state index in [-0.39, 0.29) is 43.0 Å². The number of amides is 3. The Hall–Kier alpha value is -2.69. The third-order valence-electron chi connectivity index (χ3n) is 6.45. The highest BCUT2D eigenvalue weighted by Gasteiger charge is 2.33. The first kappa shape index (κ1) is 26.4. The van der Waals surface area contributed by atoms with Gasteiger partial charge in [0.1, 0.15) is 24.7 Å². The zero-order chi connectivity index (χ0) is 25.5. The number of hydrogen-bond acceptors (Lipinski definition) is 6. The number of nitrogens with one attached hydrogen (secondary N) is 1. The molecular weight excluding hydrogens is 483 g/mol. The molecule has 8 nitrogen and oxygen atoms in total. The second-order valence-electron chi connectivity index (χ2n) is 9.40. The van der Waals surface area contributed by atoms with Crippen LogP contribution in [-0.4, -0.2) is 91.8 Å². The van der Waals surface area contributed by atoms with E-state index in [9.17, 15) is 14.0 Å². The van der Waals surface area contributed by atoms with Crippen LogP contribution in [-0.2, 0) is 16.0 Å². The standard InChI is InChI=1S/C26H35FN4O4S/c1-19(2)28-26(33)30(11-10-29-12-14-34-15-13-29)17-25(32)31-9-7-24-22(8-16-36-24)23(31)18-35-21-5-3-20(27)4-6-21/h3-6,8,16,19,23H,7,9-15,17-18H2,1-2H3,(H,28,33)/t23-/m0/s1. The van der Waals surface area contributed by atoms with Crippen LogP contribution in [0.2, 0.25) is 0 Å². The minimum Gasteiger partial charge on any atom is -0.491 e. The van der Waals surface area contributed by atoms with Crippen molar-refractivity contribution in [2.24, 2.45) is 0 Å². The Morgan fingerprint density at radius 1 is 1.19 bits per heavy atom. The van der Waals surface area contributed by atoms with E-state index >= 15 is 0 Å². The zero-order valence-corrected chi connectivity index (χ0v) is 21.8. The summed E-state index contributed by atoms with van der Waals surface area (Å²) in [4.78, 5) is 33.5. The average Bonchev–Trinajstić information content (AvgIpc) is 3.35. The summed E-state index contributed by atoms with van der Waals surface area (Å²) in [5.41, 5.74) is 1.08. The third-order valence-corrected chi connectivity index (χ3v) is 7.45. The molecule has 36 heavy (non-hydrogen) atoms. The number of carbonyl (C=O) groups excluding carboxylic acids is 2. The maximum atomic E-state index is 13.6. The van der Waals surface area contributed by atoms with Crippen LogP contribution < -0.4 is 10.1 Å². The van der Waals surface area contributed by atoms with Gasteiger partial charge in [-0.15, -0.1) is 11.3 Å². The smallest absolute Gasteiger partial charge is 0.318 e. The number of ether oxygens (including phenoxy) is 2. The summed E-state index contributed by atoms with van der Waals surface area (Å²) in [5.74, 6) is 0.115. The van der Waals surface area contributed by atoms with Crippen molar-refractivity contribution in [3.8, 4) is 5.75 Å². The maximum Gasteiger partial charge on any atom is 0.318 e. The Labute approximate surface area is 216 Å². The first-order valence-electron chi connectivity index (χ1n) is 12.5. The van der Waals surface area contributed by atoms with Crippen molar-refractivity contribution in [2.75, 3.05) is 59.1 Å². The number of urea groups is 1. The van der Waals surface area contributed by atoms with E-state index in [0.717, 1.165) is 25.1 Å². The van der Waals surface area contributed by atoms with Gasteiger partial charge >= 0.3 is 6.03 Å². The third kappa shape index (κ3) is 6.96. The molecule has 1 N–H and O–H groups in total. The minimum atomic E-state index is -0.325. The van der Waals surface area contributed by atoms with E-state index in [1.54, 1.807) is 28.4 Å². The maximum absolute atomic E-state index is 13.6. The molecule has 3 heterocycles. The van der Waals surface area contributed by atoms with Crippen LogP contribution in [0.25, 0.3) is 0 Å². The lowest BCUT2D eigenvalue weighted by Crippen LogP contribution is -2.52. The second kappa shape index (κ2) is 12.5. The molecule has 1 saturated heterocycles. The molecule has 0 radical (unpaired) electrons. The summed E-state index contributed by atoms with van der Waals surface area (Å²) in [6.07, 6.45) is 0.776. The van der Waals surface area contributed by atoms with E-state index in [1.807, 2.05) is 30.2 Å². The molecule has 0 saturated carbocycles. The van der Waals surface area contributed by atoms with Gasteiger partial charge in [-0.05, 0) is 61.5 Å². The quantitative estimate of drug-likeness (QED) is 0.552. The highest BCUT2D eigenvalue weighted by Crippen LogP contribution is 2.34. The second-order valence-corrected chi connectivity index (χ2v) is 10.4. The molecule has 2 aromatic rings. The van der Waals surface area contributed by atoms with Gasteiger partial charge in [-0.2, -0.15) is 0 Å². The van der Waals surface area contributed by atoms with Gasteiger partial charge in [-0.1, -0.05) is 0 Å². The van der Waals surface area contributed by atoms with Crippen LogP contribution in [0.1, 0.15) is 30.3 Å². The highest BCUT2D eigenvalue weighted by molar-refractivity contribution is 7.10. The molecule has 2 aliphatic heterocycles. The predicted molar refractivity (Wildman–Crippen MR) is 137 cm³/mol. The Morgan fingerprint density at radius 2 is 1.94 bits per heavy atom. The number of halogens is 1. The van der Waals surface area contributed by atoms with Crippen LogP contribution >= 0.6 is 11.3 Å². The molecule has 1 fully saturated rings. The number of morpholine rings is 1. The summed E-state index contributed by atoms with van der Waals surface area (Å²) in [6.45, 7) is 8.79. The topological polar surface area (TPSA) is 74.4 Å². The average molecular weight is 519 g/mol.